The summed E-state index contributed by atoms with van der Waals surface area (Å²) < 4.78 is 3.30. The maximum atomic E-state index is 4.85. The topological polar surface area (TPSA) is 12.4 Å². The number of hydrogen-bond acceptors (Lipinski definition) is 1. The Hall–Kier alpha value is 1.55. The zero-order valence-corrected chi connectivity index (χ0v) is 6.65. The first-order valence-corrected chi connectivity index (χ1v) is 8.07. The molecule has 0 heterocycles. The molecule has 0 atom stereocenters. The molecule has 0 unspecified atom stereocenters. The normalized spacial score (nSPS) is 11.5. The van der Waals surface area contributed by atoms with Gasteiger partial charge in [-0.1, -0.05) is 0 Å². The van der Waals surface area contributed by atoms with Crippen molar-refractivity contribution >= 4 is 47.5 Å². The van der Waals surface area contributed by atoms with Gasteiger partial charge in [-0.3, -0.25) is 0 Å². The Kier molecular flexibility index (Phi) is 6.31. The minimum atomic E-state index is -0.0290. The quantitative estimate of drug-likeness (QED) is 0.610. The number of nitrogens with zero attached hydrogens (tertiary/aromatic N) is 1. The number of rotatable bonds is 0. The average Bonchev–Trinajstić information content (AvgIpc) is 1.37. The molecule has 0 aromatic rings. The Morgan fingerprint density at radius 3 is 2.25 bits per heavy atom. The van der Waals surface area contributed by atoms with Crippen LogP contribution in [0.25, 0.3) is 0 Å². The summed E-state index contributed by atoms with van der Waals surface area (Å²) in [6.07, 6.45) is 0. The molecule has 0 aliphatic heterocycles. The molecule has 0 aromatic carbocycles. The van der Waals surface area contributed by atoms with Gasteiger partial charge >= 0.3 is 0 Å². The highest BCUT2D eigenvalue weighted by Gasteiger charge is 1.41. The second kappa shape index (κ2) is 4.55. The molecule has 0 fully saturated rings. The molecule has 1 nitrogen and oxygen atoms in total. The van der Waals surface area contributed by atoms with Crippen molar-refractivity contribution in [1.29, 1.82) is 0 Å². The van der Waals surface area contributed by atoms with E-state index in [0.717, 1.165) is 0 Å². The lowest BCUT2D eigenvalue weighted by atomic mass is 14.0. The SMILES string of the molecule is ClN=II. The van der Waals surface area contributed by atoms with E-state index in [1.807, 2.05) is 0 Å². The molecule has 0 radical (unpaired) electrons. The molecular formula is ClI2N. The van der Waals surface area contributed by atoms with Crippen molar-refractivity contribution in [3.63, 3.8) is 0 Å². The zero-order valence-electron chi connectivity index (χ0n) is 1.58. The largest absolute Gasteiger partial charge is 0.145 e. The van der Waals surface area contributed by atoms with Gasteiger partial charge in [0.2, 0.25) is 0 Å². The van der Waals surface area contributed by atoms with Crippen LogP contribution in [0.15, 0.2) is 2.66 Å². The minimum Gasteiger partial charge on any atom is -0.145 e. The molecule has 0 bridgehead atoms. The van der Waals surface area contributed by atoms with Crippen LogP contribution in [-0.4, -0.2) is 0 Å². The molecule has 0 spiro atoms. The van der Waals surface area contributed by atoms with Gasteiger partial charge in [-0.15, -0.1) is 2.66 Å². The van der Waals surface area contributed by atoms with Gasteiger partial charge < -0.3 is 0 Å². The van der Waals surface area contributed by atoms with Crippen LogP contribution in [-0.2, 0) is 0 Å². The van der Waals surface area contributed by atoms with E-state index in [4.69, 9.17) is 11.8 Å². The molecule has 0 aliphatic rings. The summed E-state index contributed by atoms with van der Waals surface area (Å²) in [4.78, 5) is 0. The van der Waals surface area contributed by atoms with Crippen LogP contribution in [0.5, 0.6) is 0 Å². The maximum absolute atomic E-state index is 4.85. The molecule has 0 amide bonds. The molecule has 0 saturated carbocycles. The van der Waals surface area contributed by atoms with E-state index in [2.05, 4.69) is 21.3 Å². The molecule has 26 valence electrons. The van der Waals surface area contributed by atoms with E-state index in [-0.39, 0.29) is 17.1 Å². The summed E-state index contributed by atoms with van der Waals surface area (Å²) in [6, 6.07) is 0. The molecule has 4 heavy (non-hydrogen) atoms. The summed E-state index contributed by atoms with van der Waals surface area (Å²) in [7, 11) is 0. The molecule has 4 heteroatoms. The summed E-state index contributed by atoms with van der Waals surface area (Å²) in [5.41, 5.74) is 0. The summed E-state index contributed by atoms with van der Waals surface area (Å²) >= 11 is 6.99. The average molecular weight is 303 g/mol. The third-order valence-electron chi connectivity index (χ3n) is 0.0241. The predicted octanol–water partition coefficient (Wildman–Crippen LogP) is 2.64. The Labute approximate surface area is 49.5 Å². The molecule has 0 N–H and O–H groups in total. The van der Waals surface area contributed by atoms with Crippen LogP contribution in [0.1, 0.15) is 0 Å². The predicted molar refractivity (Wildman–Crippen MR) is 36.3 cm³/mol. The minimum absolute atomic E-state index is 0.0290. The van der Waals surface area contributed by atoms with Gasteiger partial charge in [0, 0.05) is 30.4 Å². The second-order valence-corrected chi connectivity index (χ2v) is 4.16. The molecule has 0 aliphatic carbocycles. The van der Waals surface area contributed by atoms with Gasteiger partial charge in [-0.25, -0.2) is 0 Å². The van der Waals surface area contributed by atoms with Crippen LogP contribution in [0, 0.1) is 0 Å². The first kappa shape index (κ1) is 5.55. The molecule has 0 rings (SSSR count). The van der Waals surface area contributed by atoms with E-state index in [1.54, 1.807) is 0 Å². The fourth-order valence-corrected chi connectivity index (χ4v) is 0. The fraction of sp³-hybridized carbons (Fsp3) is 0. The molecule has 0 saturated heterocycles. The van der Waals surface area contributed by atoms with Crippen molar-refractivity contribution in [2.45, 2.75) is 0 Å². The first-order valence-electron chi connectivity index (χ1n) is 0.481. The fourth-order valence-electron chi connectivity index (χ4n) is 0. The van der Waals surface area contributed by atoms with Gasteiger partial charge in [0.1, 0.15) is 0 Å². The van der Waals surface area contributed by atoms with Crippen molar-refractivity contribution < 1.29 is 0 Å². The van der Waals surface area contributed by atoms with Gasteiger partial charge in [-0.2, -0.15) is 0 Å². The van der Waals surface area contributed by atoms with Crippen LogP contribution in [0.2, 0.25) is 0 Å². The third kappa shape index (κ3) is 3.55. The van der Waals surface area contributed by atoms with E-state index < -0.39 is 0 Å². The van der Waals surface area contributed by atoms with E-state index in [0.29, 0.717) is 0 Å². The van der Waals surface area contributed by atoms with Crippen molar-refractivity contribution in [2.24, 2.45) is 2.66 Å². The highest BCUT2D eigenvalue weighted by molar-refractivity contribution is 15.0. The molecule has 0 aromatic heterocycles. The molecular weight excluding hydrogens is 303 g/mol. The van der Waals surface area contributed by atoms with Gasteiger partial charge in [0.25, 0.3) is 0 Å². The number of hydrogen-bond donors (Lipinski definition) is 0. The van der Waals surface area contributed by atoms with Gasteiger partial charge in [0.05, 0.1) is 17.1 Å². The summed E-state index contributed by atoms with van der Waals surface area (Å²) in [5.74, 6) is 0. The van der Waals surface area contributed by atoms with Crippen LogP contribution < -0.4 is 0 Å². The Morgan fingerprint density at radius 2 is 2.25 bits per heavy atom. The second-order valence-electron chi connectivity index (χ2n) is 0.128. The van der Waals surface area contributed by atoms with Crippen molar-refractivity contribution in [1.82, 2.24) is 0 Å². The van der Waals surface area contributed by atoms with Crippen LogP contribution >= 0.6 is 47.5 Å². The van der Waals surface area contributed by atoms with Crippen molar-refractivity contribution in [2.75, 3.05) is 0 Å². The van der Waals surface area contributed by atoms with E-state index in [9.17, 15) is 0 Å². The smallest absolute Gasteiger partial charge is 0.0859 e. The highest BCUT2D eigenvalue weighted by atomic mass is 128. The monoisotopic (exact) mass is 303 g/mol. The van der Waals surface area contributed by atoms with Gasteiger partial charge in [0.15, 0.2) is 0 Å². The summed E-state index contributed by atoms with van der Waals surface area (Å²) in [6.45, 7) is 0. The van der Waals surface area contributed by atoms with E-state index in [1.165, 1.54) is 0 Å². The highest BCUT2D eigenvalue weighted by Crippen LogP contribution is 2.11. The van der Waals surface area contributed by atoms with E-state index >= 15 is 0 Å². The summed E-state index contributed by atoms with van der Waals surface area (Å²) in [5, 5.41) is 0. The zero-order chi connectivity index (χ0) is 3.41. The van der Waals surface area contributed by atoms with Crippen LogP contribution in [0.4, 0.5) is 0 Å². The Bertz CT molecular complexity index is 21.2. The lowest BCUT2D eigenvalue weighted by molar-refractivity contribution is 2.12. The van der Waals surface area contributed by atoms with Crippen molar-refractivity contribution in [3.05, 3.63) is 0 Å². The Morgan fingerprint density at radius 1 is 2.00 bits per heavy atom. The Balaban J connectivity index is 2.55. The van der Waals surface area contributed by atoms with Crippen LogP contribution in [0.3, 0.4) is 0 Å². The lowest BCUT2D eigenvalue weighted by Crippen LogP contribution is -0.874. The van der Waals surface area contributed by atoms with Gasteiger partial charge in [-0.05, 0) is 0 Å². The maximum Gasteiger partial charge on any atom is 0.0859 e. The third-order valence-corrected chi connectivity index (χ3v) is 3.26. The van der Waals surface area contributed by atoms with Crippen molar-refractivity contribution in [3.8, 4) is 0 Å². The number of halogens is 3. The lowest BCUT2D eigenvalue weighted by Gasteiger charge is -1.43. The standard InChI is InChI=1S/ClI2N/c1-4-3-2. The first-order chi connectivity index (χ1) is 1.91.